The molecule has 1 aromatic carbocycles. The van der Waals surface area contributed by atoms with Gasteiger partial charge < -0.3 is 10.4 Å². The smallest absolute Gasteiger partial charge is 0.251 e. The second-order valence-corrected chi connectivity index (χ2v) is 6.51. The molecule has 1 amide bonds. The molecule has 2 N–H and O–H groups in total. The van der Waals surface area contributed by atoms with Crippen molar-refractivity contribution in [3.63, 3.8) is 0 Å². The first-order chi connectivity index (χ1) is 10.0. The highest BCUT2D eigenvalue weighted by Gasteiger charge is 2.08. The Morgan fingerprint density at radius 2 is 2.24 bits per heavy atom. The van der Waals surface area contributed by atoms with Crippen LogP contribution in [0.25, 0.3) is 0 Å². The molecule has 114 valence electrons. The first-order valence-electron chi connectivity index (χ1n) is 6.85. The van der Waals surface area contributed by atoms with Gasteiger partial charge in [-0.15, -0.1) is 0 Å². The number of amides is 1. The summed E-state index contributed by atoms with van der Waals surface area (Å²) < 4.78 is 11.2. The number of carbonyl (C=O) groups is 1. The van der Waals surface area contributed by atoms with Crippen LogP contribution in [0, 0.1) is 11.8 Å². The number of benzene rings is 1. The molecular formula is C16H21NO3S. The number of hydrogen-bond acceptors (Lipinski definition) is 3. The summed E-state index contributed by atoms with van der Waals surface area (Å²) in [6.45, 7) is 2.43. The third-order valence-corrected chi connectivity index (χ3v) is 4.37. The van der Waals surface area contributed by atoms with Gasteiger partial charge in [-0.2, -0.15) is 0 Å². The molecule has 2 unspecified atom stereocenters. The topological polar surface area (TPSA) is 66.4 Å². The Morgan fingerprint density at radius 3 is 2.90 bits per heavy atom. The zero-order chi connectivity index (χ0) is 15.7. The van der Waals surface area contributed by atoms with Gasteiger partial charge in [0.05, 0.1) is 6.61 Å². The van der Waals surface area contributed by atoms with Gasteiger partial charge in [-0.3, -0.25) is 9.00 Å². The summed E-state index contributed by atoms with van der Waals surface area (Å²) in [7, 11) is -0.868. The lowest BCUT2D eigenvalue weighted by Gasteiger charge is -2.09. The fourth-order valence-corrected chi connectivity index (χ4v) is 2.07. The van der Waals surface area contributed by atoms with Crippen LogP contribution in [-0.4, -0.2) is 39.9 Å². The van der Waals surface area contributed by atoms with E-state index in [1.165, 1.54) is 0 Å². The van der Waals surface area contributed by atoms with Gasteiger partial charge in [0.15, 0.2) is 0 Å². The maximum atomic E-state index is 12.0. The summed E-state index contributed by atoms with van der Waals surface area (Å²) in [5.41, 5.74) is 1.30. The van der Waals surface area contributed by atoms with Crippen molar-refractivity contribution in [2.75, 3.05) is 19.4 Å². The second kappa shape index (κ2) is 9.32. The molecule has 0 heterocycles. The fraction of sp³-hybridized carbons (Fsp3) is 0.438. The highest BCUT2D eigenvalue weighted by molar-refractivity contribution is 7.84. The highest BCUT2D eigenvalue weighted by Crippen LogP contribution is 2.05. The predicted molar refractivity (Wildman–Crippen MR) is 85.5 cm³/mol. The number of hydrogen-bond donors (Lipinski definition) is 2. The summed E-state index contributed by atoms with van der Waals surface area (Å²) in [6, 6.07) is 7.06. The predicted octanol–water partition coefficient (Wildman–Crippen LogP) is 1.31. The Balaban J connectivity index is 2.57. The van der Waals surface area contributed by atoms with Gasteiger partial charge >= 0.3 is 0 Å². The molecule has 1 rings (SSSR count). The van der Waals surface area contributed by atoms with Crippen LogP contribution < -0.4 is 5.32 Å². The molecule has 0 radical (unpaired) electrons. The lowest BCUT2D eigenvalue weighted by molar-refractivity contribution is 0.0953. The number of aliphatic hydroxyl groups is 1. The van der Waals surface area contributed by atoms with E-state index in [1.807, 2.05) is 13.0 Å². The highest BCUT2D eigenvalue weighted by atomic mass is 32.2. The van der Waals surface area contributed by atoms with E-state index in [9.17, 15) is 9.00 Å². The molecular weight excluding hydrogens is 286 g/mol. The Kier molecular flexibility index (Phi) is 7.73. The van der Waals surface area contributed by atoms with Crippen LogP contribution in [0.15, 0.2) is 24.3 Å². The maximum Gasteiger partial charge on any atom is 0.251 e. The van der Waals surface area contributed by atoms with Gasteiger partial charge in [0.2, 0.25) is 0 Å². The second-order valence-electron chi connectivity index (χ2n) is 4.71. The average molecular weight is 307 g/mol. The minimum Gasteiger partial charge on any atom is -0.395 e. The van der Waals surface area contributed by atoms with E-state index in [0.29, 0.717) is 24.9 Å². The maximum absolute atomic E-state index is 12.0. The lowest BCUT2D eigenvalue weighted by Crippen LogP contribution is -2.27. The Labute approximate surface area is 128 Å². The molecule has 4 nitrogen and oxygen atoms in total. The van der Waals surface area contributed by atoms with Crippen molar-refractivity contribution in [1.82, 2.24) is 5.32 Å². The largest absolute Gasteiger partial charge is 0.395 e. The molecule has 0 bridgehead atoms. The van der Waals surface area contributed by atoms with E-state index >= 15 is 0 Å². The van der Waals surface area contributed by atoms with Gasteiger partial charge in [0, 0.05) is 46.4 Å². The first kappa shape index (κ1) is 17.4. The van der Waals surface area contributed by atoms with Crippen LogP contribution in [0.4, 0.5) is 0 Å². The van der Waals surface area contributed by atoms with E-state index in [1.54, 1.807) is 24.5 Å². The van der Waals surface area contributed by atoms with Gasteiger partial charge in [0.1, 0.15) is 0 Å². The minimum atomic E-state index is -0.868. The zero-order valence-electron chi connectivity index (χ0n) is 12.4. The van der Waals surface area contributed by atoms with Gasteiger partial charge in [0.25, 0.3) is 5.91 Å². The first-order valence-corrected chi connectivity index (χ1v) is 8.47. The Hall–Kier alpha value is -1.64. The molecule has 2 atom stereocenters. The molecule has 5 heteroatoms. The molecule has 0 aliphatic rings. The average Bonchev–Trinajstić information content (AvgIpc) is 2.47. The molecule has 0 spiro atoms. The molecule has 1 aromatic rings. The summed E-state index contributed by atoms with van der Waals surface area (Å²) in [6.07, 6.45) is 2.77. The standard InChI is InChI=1S/C16H21NO3S/c1-13(21(2)20)9-10-17-16(19)15-8-5-7-14(12-15)6-3-4-11-18/h5,7-8,12-13,18H,4,9-11H2,1-2H3,(H,17,19). The lowest BCUT2D eigenvalue weighted by atomic mass is 10.1. The number of rotatable bonds is 6. The molecule has 0 aliphatic heterocycles. The van der Waals surface area contributed by atoms with Crippen molar-refractivity contribution in [3.05, 3.63) is 35.4 Å². The van der Waals surface area contributed by atoms with Crippen LogP contribution in [0.2, 0.25) is 0 Å². The van der Waals surface area contributed by atoms with Crippen LogP contribution in [-0.2, 0) is 10.8 Å². The van der Waals surface area contributed by atoms with Crippen LogP contribution in [0.1, 0.15) is 35.7 Å². The molecule has 0 fully saturated rings. The number of nitrogens with one attached hydrogen (secondary N) is 1. The zero-order valence-corrected chi connectivity index (χ0v) is 13.2. The summed E-state index contributed by atoms with van der Waals surface area (Å²) in [4.78, 5) is 12.0. The Morgan fingerprint density at radius 1 is 1.48 bits per heavy atom. The van der Waals surface area contributed by atoms with Crippen LogP contribution >= 0.6 is 0 Å². The van der Waals surface area contributed by atoms with Crippen molar-refractivity contribution in [2.45, 2.75) is 25.0 Å². The van der Waals surface area contributed by atoms with Crippen molar-refractivity contribution in [3.8, 4) is 11.8 Å². The van der Waals surface area contributed by atoms with Crippen molar-refractivity contribution < 1.29 is 14.1 Å². The normalized spacial score (nSPS) is 12.9. The molecule has 0 aromatic heterocycles. The van der Waals surface area contributed by atoms with E-state index in [-0.39, 0.29) is 17.8 Å². The molecule has 0 saturated carbocycles. The third kappa shape index (κ3) is 6.56. The number of carbonyl (C=O) groups excluding carboxylic acids is 1. The molecule has 0 saturated heterocycles. The summed E-state index contributed by atoms with van der Waals surface area (Å²) in [5.74, 6) is 5.56. The van der Waals surface area contributed by atoms with Gasteiger partial charge in [-0.05, 0) is 24.6 Å². The molecule has 0 aliphatic carbocycles. The monoisotopic (exact) mass is 307 g/mol. The minimum absolute atomic E-state index is 0.0319. The van der Waals surface area contributed by atoms with Crippen molar-refractivity contribution in [2.24, 2.45) is 0 Å². The van der Waals surface area contributed by atoms with E-state index in [0.717, 1.165) is 5.56 Å². The van der Waals surface area contributed by atoms with Crippen molar-refractivity contribution >= 4 is 16.7 Å². The van der Waals surface area contributed by atoms with E-state index in [4.69, 9.17) is 5.11 Å². The van der Waals surface area contributed by atoms with Crippen LogP contribution in [0.5, 0.6) is 0 Å². The van der Waals surface area contributed by atoms with Gasteiger partial charge in [-0.25, -0.2) is 0 Å². The summed E-state index contributed by atoms with van der Waals surface area (Å²) in [5, 5.41) is 11.6. The Bertz CT molecular complexity index is 560. The van der Waals surface area contributed by atoms with Crippen LogP contribution in [0.3, 0.4) is 0 Å². The summed E-state index contributed by atoms with van der Waals surface area (Å²) >= 11 is 0. The van der Waals surface area contributed by atoms with Crippen molar-refractivity contribution in [1.29, 1.82) is 0 Å². The quantitative estimate of drug-likeness (QED) is 0.779. The number of aliphatic hydroxyl groups excluding tert-OH is 1. The van der Waals surface area contributed by atoms with E-state index in [2.05, 4.69) is 17.2 Å². The van der Waals surface area contributed by atoms with Gasteiger partial charge in [-0.1, -0.05) is 24.8 Å². The fourth-order valence-electron chi connectivity index (χ4n) is 1.62. The van der Waals surface area contributed by atoms with E-state index < -0.39 is 10.8 Å². The third-order valence-electron chi connectivity index (χ3n) is 3.00. The molecule has 21 heavy (non-hydrogen) atoms. The SMILES string of the molecule is CC(CCNC(=O)c1cccc(C#CCCO)c1)S(C)=O.